The Balaban J connectivity index is 2.06. The van der Waals surface area contributed by atoms with Gasteiger partial charge >= 0.3 is 0 Å². The highest BCUT2D eigenvalue weighted by atomic mass is 32.2. The first kappa shape index (κ1) is 17.9. The van der Waals surface area contributed by atoms with Crippen LogP contribution in [0.3, 0.4) is 0 Å². The van der Waals surface area contributed by atoms with Crippen LogP contribution in [0.2, 0.25) is 0 Å². The zero-order valence-corrected chi connectivity index (χ0v) is 14.7. The average Bonchev–Trinajstić information content (AvgIpc) is 2.56. The van der Waals surface area contributed by atoms with Crippen LogP contribution in [-0.2, 0) is 0 Å². The first-order valence-electron chi connectivity index (χ1n) is 7.57. The summed E-state index contributed by atoms with van der Waals surface area (Å²) in [5.41, 5.74) is 0.879. The average molecular weight is 382 g/mol. The van der Waals surface area contributed by atoms with Crippen molar-refractivity contribution in [1.82, 2.24) is 0 Å². The largest absolute Gasteiger partial charge is 0.508 e. The van der Waals surface area contributed by atoms with Gasteiger partial charge in [0.05, 0.1) is 10.8 Å². The summed E-state index contributed by atoms with van der Waals surface area (Å²) in [6.45, 7) is 0. The van der Waals surface area contributed by atoms with Gasteiger partial charge in [-0.05, 0) is 23.4 Å². The Kier molecular flexibility index (Phi) is 5.12. The summed E-state index contributed by atoms with van der Waals surface area (Å²) >= 11 is 5.60. The van der Waals surface area contributed by atoms with Crippen molar-refractivity contribution in [3.63, 3.8) is 0 Å². The zero-order chi connectivity index (χ0) is 18.1. The summed E-state index contributed by atoms with van der Waals surface area (Å²) in [5.74, 6) is 0.585. The number of fused-ring (bicyclic) bond motifs is 1. The third-order valence-electron chi connectivity index (χ3n) is 3.98. The highest BCUT2D eigenvalue weighted by Gasteiger charge is 2.40. The Morgan fingerprint density at radius 3 is 2.44 bits per heavy atom. The van der Waals surface area contributed by atoms with Crippen molar-refractivity contribution in [2.75, 3.05) is 11.5 Å². The number of aliphatic hydroxyl groups is 1. The molecule has 1 heterocycles. The molecule has 1 aliphatic heterocycles. The number of aliphatic hydroxyl groups excluding tert-OH is 1. The minimum atomic E-state index is -1.02. The van der Waals surface area contributed by atoms with E-state index in [4.69, 9.17) is 4.74 Å². The number of hydrogen-bond donors (Lipinski definition) is 6. The number of phenols is 4. The SMILES string of the molecule is Oc1cc(O)c2c(c1)OC(c1ccc(O)c(O)c1)C(O)C2SCCS. The molecule has 3 rings (SSSR count). The van der Waals surface area contributed by atoms with Gasteiger partial charge in [0.1, 0.15) is 23.4 Å². The number of benzene rings is 2. The smallest absolute Gasteiger partial charge is 0.157 e. The quantitative estimate of drug-likeness (QED) is 0.356. The molecule has 134 valence electrons. The summed E-state index contributed by atoms with van der Waals surface area (Å²) in [4.78, 5) is 0. The van der Waals surface area contributed by atoms with Crippen LogP contribution in [0.25, 0.3) is 0 Å². The second-order valence-electron chi connectivity index (χ2n) is 5.67. The fourth-order valence-electron chi connectivity index (χ4n) is 2.86. The van der Waals surface area contributed by atoms with Gasteiger partial charge in [0.25, 0.3) is 0 Å². The molecule has 0 radical (unpaired) electrons. The van der Waals surface area contributed by atoms with Crippen molar-refractivity contribution in [3.05, 3.63) is 41.5 Å². The van der Waals surface area contributed by atoms with Crippen LogP contribution in [0.5, 0.6) is 28.7 Å². The van der Waals surface area contributed by atoms with Crippen LogP contribution in [0.1, 0.15) is 22.5 Å². The number of hydrogen-bond acceptors (Lipinski definition) is 8. The van der Waals surface area contributed by atoms with E-state index in [0.29, 0.717) is 22.6 Å². The van der Waals surface area contributed by atoms with Crippen molar-refractivity contribution in [2.45, 2.75) is 17.5 Å². The lowest BCUT2D eigenvalue weighted by Gasteiger charge is -2.37. The Hall–Kier alpha value is -1.90. The van der Waals surface area contributed by atoms with Gasteiger partial charge in [-0.25, -0.2) is 0 Å². The van der Waals surface area contributed by atoms with Crippen LogP contribution < -0.4 is 4.74 Å². The molecular formula is C17H18O6S2. The van der Waals surface area contributed by atoms with E-state index in [2.05, 4.69) is 12.6 Å². The van der Waals surface area contributed by atoms with Gasteiger partial charge in [-0.15, -0.1) is 11.8 Å². The van der Waals surface area contributed by atoms with Crippen molar-refractivity contribution in [1.29, 1.82) is 0 Å². The standard InChI is InChI=1S/C17H18O6S2/c18-9-6-12(21)14-13(7-9)23-16(15(22)17(14)25-4-3-24)8-1-2-10(19)11(20)5-8/h1-2,5-7,15-22,24H,3-4H2. The van der Waals surface area contributed by atoms with Crippen LogP contribution in [0.15, 0.2) is 30.3 Å². The normalized spacial score (nSPS) is 22.2. The molecule has 25 heavy (non-hydrogen) atoms. The summed E-state index contributed by atoms with van der Waals surface area (Å²) in [7, 11) is 0. The van der Waals surface area contributed by atoms with E-state index < -0.39 is 17.5 Å². The van der Waals surface area contributed by atoms with E-state index in [-0.39, 0.29) is 28.7 Å². The first-order chi connectivity index (χ1) is 11.9. The van der Waals surface area contributed by atoms with E-state index in [9.17, 15) is 25.5 Å². The highest BCUT2D eigenvalue weighted by Crippen LogP contribution is 2.52. The van der Waals surface area contributed by atoms with Crippen LogP contribution in [0.4, 0.5) is 0 Å². The topological polar surface area (TPSA) is 110 Å². The Morgan fingerprint density at radius 2 is 1.76 bits per heavy atom. The van der Waals surface area contributed by atoms with E-state index in [1.807, 2.05) is 0 Å². The molecule has 0 fully saturated rings. The molecule has 1 aliphatic rings. The number of rotatable bonds is 4. The molecule has 6 nitrogen and oxygen atoms in total. The Labute approximate surface area is 154 Å². The molecule has 0 saturated heterocycles. The van der Waals surface area contributed by atoms with Gasteiger partial charge in [0.2, 0.25) is 0 Å². The second kappa shape index (κ2) is 7.15. The number of phenolic OH excluding ortho intramolecular Hbond substituents is 4. The molecule has 0 aromatic heterocycles. The summed E-state index contributed by atoms with van der Waals surface area (Å²) < 4.78 is 5.80. The van der Waals surface area contributed by atoms with Gasteiger partial charge < -0.3 is 30.3 Å². The fraction of sp³-hybridized carbons (Fsp3) is 0.294. The summed E-state index contributed by atoms with van der Waals surface area (Å²) in [6.07, 6.45) is -1.85. The summed E-state index contributed by atoms with van der Waals surface area (Å²) in [5, 5.41) is 49.5. The van der Waals surface area contributed by atoms with Crippen LogP contribution in [0, 0.1) is 0 Å². The third kappa shape index (κ3) is 3.42. The van der Waals surface area contributed by atoms with Gasteiger partial charge in [0.15, 0.2) is 17.6 Å². The predicted molar refractivity (Wildman–Crippen MR) is 98.0 cm³/mol. The highest BCUT2D eigenvalue weighted by molar-refractivity contribution is 8.00. The number of aromatic hydroxyl groups is 4. The van der Waals surface area contributed by atoms with Crippen LogP contribution >= 0.6 is 24.4 Å². The van der Waals surface area contributed by atoms with Gasteiger partial charge in [0, 0.05) is 17.9 Å². The van der Waals surface area contributed by atoms with E-state index in [0.717, 1.165) is 0 Å². The minimum Gasteiger partial charge on any atom is -0.508 e. The monoisotopic (exact) mass is 382 g/mol. The zero-order valence-electron chi connectivity index (χ0n) is 13.0. The molecule has 0 amide bonds. The van der Waals surface area contributed by atoms with Crippen molar-refractivity contribution in [2.24, 2.45) is 0 Å². The van der Waals surface area contributed by atoms with Crippen LogP contribution in [-0.4, -0.2) is 43.1 Å². The second-order valence-corrected chi connectivity index (χ2v) is 7.37. The third-order valence-corrected chi connectivity index (χ3v) is 5.82. The molecular weight excluding hydrogens is 364 g/mol. The lowest BCUT2D eigenvalue weighted by atomic mass is 9.93. The van der Waals surface area contributed by atoms with Crippen molar-refractivity contribution in [3.8, 4) is 28.7 Å². The van der Waals surface area contributed by atoms with Gasteiger partial charge in [-0.1, -0.05) is 6.07 Å². The maximum Gasteiger partial charge on any atom is 0.157 e. The lowest BCUT2D eigenvalue weighted by molar-refractivity contribution is 0.0174. The molecule has 2 aromatic rings. The molecule has 0 saturated carbocycles. The predicted octanol–water partition coefficient (Wildman–Crippen LogP) is 2.71. The van der Waals surface area contributed by atoms with Crippen molar-refractivity contribution < 1.29 is 30.3 Å². The maximum atomic E-state index is 10.8. The minimum absolute atomic E-state index is 0.155. The molecule has 5 N–H and O–H groups in total. The molecule has 2 aromatic carbocycles. The number of thiol groups is 1. The molecule has 8 heteroatoms. The van der Waals surface area contributed by atoms with Crippen molar-refractivity contribution >= 4 is 24.4 Å². The number of thioether (sulfide) groups is 1. The molecule has 3 unspecified atom stereocenters. The molecule has 0 bridgehead atoms. The lowest BCUT2D eigenvalue weighted by Crippen LogP contribution is -2.33. The fourth-order valence-corrected chi connectivity index (χ4v) is 4.28. The Morgan fingerprint density at radius 1 is 1.00 bits per heavy atom. The molecule has 0 aliphatic carbocycles. The van der Waals surface area contributed by atoms with E-state index in [1.54, 1.807) is 0 Å². The maximum absolute atomic E-state index is 10.8. The molecule has 3 atom stereocenters. The van der Waals surface area contributed by atoms with E-state index in [1.165, 1.54) is 42.1 Å². The van der Waals surface area contributed by atoms with Gasteiger partial charge in [-0.2, -0.15) is 12.6 Å². The van der Waals surface area contributed by atoms with E-state index >= 15 is 0 Å². The van der Waals surface area contributed by atoms with Gasteiger partial charge in [-0.3, -0.25) is 0 Å². The number of ether oxygens (including phenoxy) is 1. The summed E-state index contributed by atoms with van der Waals surface area (Å²) in [6, 6.07) is 6.75. The molecule has 0 spiro atoms. The first-order valence-corrected chi connectivity index (χ1v) is 9.25. The Bertz CT molecular complexity index is 782.